The number of nitrogens with zero attached hydrogens (tertiary/aromatic N) is 4. The van der Waals surface area contributed by atoms with Crippen LogP contribution in [0.15, 0.2) is 18.3 Å². The number of aromatic nitrogens is 4. The lowest BCUT2D eigenvalue weighted by molar-refractivity contribution is 0.222. The molecule has 2 rings (SSSR count). The van der Waals surface area contributed by atoms with Crippen molar-refractivity contribution in [1.82, 2.24) is 19.9 Å². The molecular formula is C13H18N6O. The van der Waals surface area contributed by atoms with Crippen LogP contribution < -0.4 is 15.8 Å². The number of pyridine rings is 1. The minimum absolute atomic E-state index is 0.0253. The SMILES string of the molecule is Cc1cccnc1CNc1nc(N)nc(OC(C)C)n1. The molecule has 0 aliphatic carbocycles. The van der Waals surface area contributed by atoms with Crippen LogP contribution in [0.5, 0.6) is 6.01 Å². The van der Waals surface area contributed by atoms with E-state index in [0.717, 1.165) is 11.3 Å². The van der Waals surface area contributed by atoms with E-state index in [4.69, 9.17) is 10.5 Å². The van der Waals surface area contributed by atoms with Gasteiger partial charge in [-0.1, -0.05) is 6.07 Å². The lowest BCUT2D eigenvalue weighted by Crippen LogP contribution is -2.13. The minimum atomic E-state index is -0.0253. The summed E-state index contributed by atoms with van der Waals surface area (Å²) in [6.07, 6.45) is 1.72. The highest BCUT2D eigenvalue weighted by Gasteiger charge is 2.07. The van der Waals surface area contributed by atoms with Gasteiger partial charge in [0.05, 0.1) is 18.3 Å². The van der Waals surface area contributed by atoms with E-state index in [9.17, 15) is 0 Å². The molecule has 0 atom stereocenters. The summed E-state index contributed by atoms with van der Waals surface area (Å²) in [7, 11) is 0. The number of hydrogen-bond acceptors (Lipinski definition) is 7. The van der Waals surface area contributed by atoms with Crippen LogP contribution in [0.25, 0.3) is 0 Å². The summed E-state index contributed by atoms with van der Waals surface area (Å²) in [5.74, 6) is 0.495. The Kier molecular flexibility index (Phi) is 4.29. The predicted molar refractivity (Wildman–Crippen MR) is 76.3 cm³/mol. The molecule has 0 saturated heterocycles. The summed E-state index contributed by atoms with van der Waals surface area (Å²) in [4.78, 5) is 16.4. The average molecular weight is 274 g/mol. The van der Waals surface area contributed by atoms with E-state index in [1.54, 1.807) is 6.20 Å². The summed E-state index contributed by atoms with van der Waals surface area (Å²) in [5.41, 5.74) is 7.66. The van der Waals surface area contributed by atoms with Crippen molar-refractivity contribution in [1.29, 1.82) is 0 Å². The van der Waals surface area contributed by atoms with Crippen molar-refractivity contribution in [2.75, 3.05) is 11.1 Å². The second kappa shape index (κ2) is 6.14. The van der Waals surface area contributed by atoms with E-state index in [0.29, 0.717) is 12.5 Å². The van der Waals surface area contributed by atoms with Crippen LogP contribution in [0.3, 0.4) is 0 Å². The monoisotopic (exact) mass is 274 g/mol. The number of nitrogen functional groups attached to an aromatic ring is 1. The van der Waals surface area contributed by atoms with E-state index in [-0.39, 0.29) is 18.1 Å². The van der Waals surface area contributed by atoms with Gasteiger partial charge in [-0.2, -0.15) is 15.0 Å². The Morgan fingerprint density at radius 2 is 2.10 bits per heavy atom. The number of nitrogens with two attached hydrogens (primary N) is 1. The van der Waals surface area contributed by atoms with Crippen molar-refractivity contribution >= 4 is 11.9 Å². The molecule has 0 saturated carbocycles. The van der Waals surface area contributed by atoms with Crippen LogP contribution in [0, 0.1) is 6.92 Å². The maximum Gasteiger partial charge on any atom is 0.323 e. The third-order valence-electron chi connectivity index (χ3n) is 2.51. The van der Waals surface area contributed by atoms with Gasteiger partial charge in [0.25, 0.3) is 0 Å². The van der Waals surface area contributed by atoms with E-state index in [2.05, 4.69) is 25.3 Å². The summed E-state index contributed by atoms with van der Waals surface area (Å²) in [6.45, 7) is 6.30. The van der Waals surface area contributed by atoms with Gasteiger partial charge in [-0.15, -0.1) is 0 Å². The zero-order valence-electron chi connectivity index (χ0n) is 11.8. The Morgan fingerprint density at radius 3 is 2.80 bits per heavy atom. The Labute approximate surface area is 117 Å². The van der Waals surface area contributed by atoms with Crippen molar-refractivity contribution in [3.63, 3.8) is 0 Å². The van der Waals surface area contributed by atoms with E-state index in [1.165, 1.54) is 0 Å². The molecule has 0 aliphatic heterocycles. The highest BCUT2D eigenvalue weighted by molar-refractivity contribution is 5.34. The van der Waals surface area contributed by atoms with Crippen molar-refractivity contribution in [3.8, 4) is 6.01 Å². The van der Waals surface area contributed by atoms with Crippen LogP contribution in [0.4, 0.5) is 11.9 Å². The first-order chi connectivity index (χ1) is 9.54. The Morgan fingerprint density at radius 1 is 1.30 bits per heavy atom. The molecule has 2 heterocycles. The lowest BCUT2D eigenvalue weighted by atomic mass is 10.2. The van der Waals surface area contributed by atoms with Crippen LogP contribution in [-0.2, 0) is 6.54 Å². The van der Waals surface area contributed by atoms with Crippen molar-refractivity contribution in [2.24, 2.45) is 0 Å². The molecule has 0 aliphatic rings. The number of rotatable bonds is 5. The molecular weight excluding hydrogens is 256 g/mol. The average Bonchev–Trinajstić information content (AvgIpc) is 2.36. The molecule has 0 unspecified atom stereocenters. The van der Waals surface area contributed by atoms with Gasteiger partial charge in [-0.25, -0.2) is 0 Å². The van der Waals surface area contributed by atoms with E-state index in [1.807, 2.05) is 32.9 Å². The van der Waals surface area contributed by atoms with Gasteiger partial charge < -0.3 is 15.8 Å². The van der Waals surface area contributed by atoms with Crippen molar-refractivity contribution < 1.29 is 4.74 Å². The Bertz CT molecular complexity index is 587. The molecule has 20 heavy (non-hydrogen) atoms. The molecule has 7 nitrogen and oxygen atoms in total. The highest BCUT2D eigenvalue weighted by Crippen LogP contribution is 2.12. The van der Waals surface area contributed by atoms with E-state index >= 15 is 0 Å². The number of ether oxygens (including phenoxy) is 1. The zero-order valence-corrected chi connectivity index (χ0v) is 11.8. The zero-order chi connectivity index (χ0) is 14.5. The number of hydrogen-bond donors (Lipinski definition) is 2. The standard InChI is InChI=1S/C13H18N6O/c1-8(2)20-13-18-11(14)17-12(19-13)16-7-10-9(3)5-4-6-15-10/h4-6,8H,7H2,1-3H3,(H3,14,16,17,18,19). The molecule has 7 heteroatoms. The second-order valence-corrected chi connectivity index (χ2v) is 4.59. The topological polar surface area (TPSA) is 98.8 Å². The van der Waals surface area contributed by atoms with Gasteiger partial charge in [0.2, 0.25) is 11.9 Å². The smallest absolute Gasteiger partial charge is 0.323 e. The molecule has 2 aromatic heterocycles. The Hall–Kier alpha value is -2.44. The number of aryl methyl sites for hydroxylation is 1. The third kappa shape index (κ3) is 3.78. The largest absolute Gasteiger partial charge is 0.461 e. The fourth-order valence-electron chi connectivity index (χ4n) is 1.58. The predicted octanol–water partition coefficient (Wildman–Crippen LogP) is 1.56. The van der Waals surface area contributed by atoms with Gasteiger partial charge >= 0.3 is 6.01 Å². The molecule has 0 spiro atoms. The van der Waals surface area contributed by atoms with Gasteiger partial charge in [0.1, 0.15) is 0 Å². The second-order valence-electron chi connectivity index (χ2n) is 4.59. The quantitative estimate of drug-likeness (QED) is 0.853. The van der Waals surface area contributed by atoms with Crippen LogP contribution in [0.2, 0.25) is 0 Å². The van der Waals surface area contributed by atoms with E-state index < -0.39 is 0 Å². The normalized spacial score (nSPS) is 10.6. The van der Waals surface area contributed by atoms with Crippen LogP contribution in [-0.4, -0.2) is 26.0 Å². The molecule has 0 aromatic carbocycles. The van der Waals surface area contributed by atoms with Crippen molar-refractivity contribution in [3.05, 3.63) is 29.6 Å². The van der Waals surface area contributed by atoms with Crippen LogP contribution in [0.1, 0.15) is 25.1 Å². The van der Waals surface area contributed by atoms with Gasteiger partial charge in [0, 0.05) is 6.20 Å². The number of anilines is 2. The Balaban J connectivity index is 2.09. The molecule has 0 bridgehead atoms. The van der Waals surface area contributed by atoms with Gasteiger partial charge in [0.15, 0.2) is 0 Å². The summed E-state index contributed by atoms with van der Waals surface area (Å²) in [5, 5.41) is 3.07. The summed E-state index contributed by atoms with van der Waals surface area (Å²) in [6, 6.07) is 4.11. The van der Waals surface area contributed by atoms with Gasteiger partial charge in [-0.3, -0.25) is 4.98 Å². The van der Waals surface area contributed by atoms with Gasteiger partial charge in [-0.05, 0) is 32.4 Å². The molecule has 2 aromatic rings. The first kappa shape index (κ1) is 14.0. The maximum atomic E-state index is 5.64. The number of nitrogens with one attached hydrogen (secondary N) is 1. The maximum absolute atomic E-state index is 5.64. The fraction of sp³-hybridized carbons (Fsp3) is 0.385. The molecule has 106 valence electrons. The first-order valence-corrected chi connectivity index (χ1v) is 6.37. The van der Waals surface area contributed by atoms with Crippen LogP contribution >= 0.6 is 0 Å². The fourth-order valence-corrected chi connectivity index (χ4v) is 1.58. The van der Waals surface area contributed by atoms with Crippen molar-refractivity contribution in [2.45, 2.75) is 33.4 Å². The minimum Gasteiger partial charge on any atom is -0.461 e. The molecule has 0 amide bonds. The summed E-state index contributed by atoms with van der Waals surface area (Å²) < 4.78 is 5.41. The molecule has 3 N–H and O–H groups in total. The molecule has 0 fully saturated rings. The molecule has 0 radical (unpaired) electrons. The summed E-state index contributed by atoms with van der Waals surface area (Å²) >= 11 is 0. The highest BCUT2D eigenvalue weighted by atomic mass is 16.5. The third-order valence-corrected chi connectivity index (χ3v) is 2.51. The first-order valence-electron chi connectivity index (χ1n) is 6.37. The lowest BCUT2D eigenvalue weighted by Gasteiger charge is -2.10.